The fourth-order valence-corrected chi connectivity index (χ4v) is 8.19. The van der Waals surface area contributed by atoms with Gasteiger partial charge in [0.25, 0.3) is 0 Å². The quantitative estimate of drug-likeness (QED) is 0.247. The Morgan fingerprint density at radius 3 is 1.68 bits per heavy atom. The predicted octanol–water partition coefficient (Wildman–Crippen LogP) is 8.61. The summed E-state index contributed by atoms with van der Waals surface area (Å²) >= 11 is 2.07. The van der Waals surface area contributed by atoms with Gasteiger partial charge in [0.15, 0.2) is 0 Å². The molecule has 1 aliphatic carbocycles. The van der Waals surface area contributed by atoms with Crippen LogP contribution in [0.2, 0.25) is 0 Å². The number of fused-ring (bicyclic) bond motifs is 5. The molecule has 2 nitrogen and oxygen atoms in total. The lowest BCUT2D eigenvalue weighted by Gasteiger charge is -2.38. The average Bonchev–Trinajstić information content (AvgIpc) is 3.48. The average molecular weight is 498 g/mol. The summed E-state index contributed by atoms with van der Waals surface area (Å²) in [4.78, 5) is 2.63. The number of nitrogens with zero attached hydrogens (tertiary/aromatic N) is 1. The molecule has 1 aliphatic heterocycles. The smallest absolute Gasteiger partial charge is 0.119 e. The normalized spacial score (nSPS) is 19.0. The van der Waals surface area contributed by atoms with E-state index in [1.54, 1.807) is 7.11 Å². The van der Waals surface area contributed by atoms with E-state index in [0.29, 0.717) is 0 Å². The molecule has 1 spiro atoms. The largest absolute Gasteiger partial charge is 0.497 e. The number of ether oxygens (including phenoxy) is 1. The van der Waals surface area contributed by atoms with Gasteiger partial charge >= 0.3 is 0 Å². The molecule has 1 fully saturated rings. The molecule has 5 aromatic carbocycles. The molecule has 3 heteroatoms. The maximum Gasteiger partial charge on any atom is 0.119 e. The summed E-state index contributed by atoms with van der Waals surface area (Å²) in [6.45, 7) is 0. The lowest BCUT2D eigenvalue weighted by atomic mass is 9.83. The summed E-state index contributed by atoms with van der Waals surface area (Å²) in [5.41, 5.74) is 9.29. The first-order valence-corrected chi connectivity index (χ1v) is 13.6. The van der Waals surface area contributed by atoms with Gasteiger partial charge in [0.1, 0.15) is 11.1 Å². The first kappa shape index (κ1) is 22.3. The zero-order valence-electron chi connectivity index (χ0n) is 20.6. The Morgan fingerprint density at radius 1 is 0.595 bits per heavy atom. The molecule has 0 amide bonds. The van der Waals surface area contributed by atoms with E-state index in [1.807, 2.05) is 0 Å². The van der Waals surface area contributed by atoms with Gasteiger partial charge in [-0.15, -0.1) is 11.8 Å². The molecule has 2 atom stereocenters. The van der Waals surface area contributed by atoms with Gasteiger partial charge in [-0.05, 0) is 57.6 Å². The maximum absolute atomic E-state index is 5.52. The van der Waals surface area contributed by atoms with Gasteiger partial charge < -0.3 is 9.64 Å². The highest BCUT2D eigenvalue weighted by molar-refractivity contribution is 8.01. The first-order valence-electron chi connectivity index (χ1n) is 12.7. The zero-order chi connectivity index (χ0) is 24.8. The number of benzene rings is 5. The fourth-order valence-electron chi connectivity index (χ4n) is 6.19. The van der Waals surface area contributed by atoms with E-state index in [2.05, 4.69) is 150 Å². The van der Waals surface area contributed by atoms with Crippen LogP contribution in [0, 0.1) is 0 Å². The first-order chi connectivity index (χ1) is 18.3. The van der Waals surface area contributed by atoms with E-state index in [0.717, 1.165) is 5.75 Å². The van der Waals surface area contributed by atoms with Crippen molar-refractivity contribution in [1.29, 1.82) is 0 Å². The summed E-state index contributed by atoms with van der Waals surface area (Å²) in [7, 11) is 1.72. The molecule has 1 heterocycles. The van der Waals surface area contributed by atoms with E-state index in [9.17, 15) is 0 Å². The van der Waals surface area contributed by atoms with Gasteiger partial charge in [0, 0.05) is 5.69 Å². The molecular weight excluding hydrogens is 470 g/mol. The van der Waals surface area contributed by atoms with Crippen molar-refractivity contribution in [1.82, 2.24) is 0 Å². The Morgan fingerprint density at radius 2 is 1.11 bits per heavy atom. The second kappa shape index (κ2) is 8.86. The van der Waals surface area contributed by atoms with Crippen molar-refractivity contribution in [3.05, 3.63) is 156 Å². The van der Waals surface area contributed by atoms with Crippen molar-refractivity contribution < 1.29 is 4.74 Å². The maximum atomic E-state index is 5.52. The second-order valence-corrected chi connectivity index (χ2v) is 11.0. The summed E-state index contributed by atoms with van der Waals surface area (Å²) in [5.74, 6) is 0.870. The van der Waals surface area contributed by atoms with Crippen LogP contribution in [0.25, 0.3) is 11.1 Å². The zero-order valence-corrected chi connectivity index (χ0v) is 21.4. The molecule has 0 radical (unpaired) electrons. The SMILES string of the molecule is COc1ccc(N2[C@@H](c3ccccc3)SC3(c4ccccc4-c4ccccc43)[C@H]2c2ccccc2)cc1. The Bertz CT molecular complexity index is 1500. The molecule has 0 unspecified atom stereocenters. The number of hydrogen-bond donors (Lipinski definition) is 0. The lowest BCUT2D eigenvalue weighted by molar-refractivity contribution is 0.414. The molecule has 37 heavy (non-hydrogen) atoms. The van der Waals surface area contributed by atoms with Gasteiger partial charge in [0.2, 0.25) is 0 Å². The van der Waals surface area contributed by atoms with Gasteiger partial charge in [-0.3, -0.25) is 0 Å². The number of anilines is 1. The lowest BCUT2D eigenvalue weighted by Crippen LogP contribution is -2.35. The third-order valence-electron chi connectivity index (χ3n) is 7.73. The Hall–Kier alpha value is -3.95. The van der Waals surface area contributed by atoms with Gasteiger partial charge in [-0.25, -0.2) is 0 Å². The topological polar surface area (TPSA) is 12.5 Å². The summed E-state index contributed by atoms with van der Waals surface area (Å²) in [6.07, 6.45) is 0. The highest BCUT2D eigenvalue weighted by Gasteiger charge is 2.59. The van der Waals surface area contributed by atoms with E-state index in [4.69, 9.17) is 4.74 Å². The molecule has 0 aromatic heterocycles. The van der Waals surface area contributed by atoms with Crippen LogP contribution in [0.3, 0.4) is 0 Å². The van der Waals surface area contributed by atoms with Crippen molar-refractivity contribution in [3.63, 3.8) is 0 Å². The predicted molar refractivity (Wildman–Crippen MR) is 154 cm³/mol. The van der Waals surface area contributed by atoms with Gasteiger partial charge in [-0.1, -0.05) is 109 Å². The molecule has 180 valence electrons. The van der Waals surface area contributed by atoms with E-state index in [1.165, 1.54) is 39.1 Å². The van der Waals surface area contributed by atoms with E-state index in [-0.39, 0.29) is 16.2 Å². The number of hydrogen-bond acceptors (Lipinski definition) is 3. The minimum absolute atomic E-state index is 0.0853. The number of thioether (sulfide) groups is 1. The molecular formula is C34H27NOS. The van der Waals surface area contributed by atoms with Crippen molar-refractivity contribution >= 4 is 17.4 Å². The molecule has 2 aliphatic rings. The van der Waals surface area contributed by atoms with E-state index < -0.39 is 0 Å². The minimum Gasteiger partial charge on any atom is -0.497 e. The molecule has 0 N–H and O–H groups in total. The minimum atomic E-state index is -0.269. The van der Waals surface area contributed by atoms with Crippen LogP contribution in [0.4, 0.5) is 5.69 Å². The molecule has 1 saturated heterocycles. The second-order valence-electron chi connectivity index (χ2n) is 9.63. The summed E-state index contributed by atoms with van der Waals surface area (Å²) in [6, 6.07) is 48.6. The Labute approximate surface area is 222 Å². The van der Waals surface area contributed by atoms with Crippen LogP contribution in [0.15, 0.2) is 133 Å². The molecule has 5 aromatic rings. The van der Waals surface area contributed by atoms with Crippen molar-refractivity contribution in [2.75, 3.05) is 12.0 Å². The monoisotopic (exact) mass is 497 g/mol. The summed E-state index contributed by atoms with van der Waals surface area (Å²) < 4.78 is 5.25. The molecule has 0 saturated carbocycles. The number of methoxy groups -OCH3 is 1. The van der Waals surface area contributed by atoms with Gasteiger partial charge in [-0.2, -0.15) is 0 Å². The van der Waals surface area contributed by atoms with Crippen molar-refractivity contribution in [3.8, 4) is 16.9 Å². The summed E-state index contributed by atoms with van der Waals surface area (Å²) in [5, 5.41) is 0.124. The van der Waals surface area contributed by atoms with Crippen LogP contribution in [-0.4, -0.2) is 7.11 Å². The third kappa shape index (κ3) is 3.34. The van der Waals surface area contributed by atoms with Crippen LogP contribution in [0.5, 0.6) is 5.75 Å². The Kier molecular flexibility index (Phi) is 5.33. The van der Waals surface area contributed by atoms with Crippen molar-refractivity contribution in [2.24, 2.45) is 0 Å². The van der Waals surface area contributed by atoms with Crippen LogP contribution in [0.1, 0.15) is 33.7 Å². The highest BCUT2D eigenvalue weighted by atomic mass is 32.2. The fraction of sp³-hybridized carbons (Fsp3) is 0.118. The highest BCUT2D eigenvalue weighted by Crippen LogP contribution is 2.71. The van der Waals surface area contributed by atoms with Crippen molar-refractivity contribution in [2.45, 2.75) is 16.2 Å². The van der Waals surface area contributed by atoms with Crippen LogP contribution < -0.4 is 9.64 Å². The Balaban J connectivity index is 1.55. The number of rotatable bonds is 4. The van der Waals surface area contributed by atoms with Crippen LogP contribution >= 0.6 is 11.8 Å². The standard InChI is InChI=1S/C34H27NOS/c1-36-27-22-20-26(21-23-27)35-32(24-12-4-2-5-13-24)34(37-33(35)25-14-6-3-7-15-25)30-18-10-8-16-28(30)29-17-9-11-19-31(29)34/h2-23,32-33H,1H3/t32-,33-/m1/s1. The third-order valence-corrected chi connectivity index (χ3v) is 9.49. The van der Waals surface area contributed by atoms with Gasteiger partial charge in [0.05, 0.1) is 17.9 Å². The molecule has 7 rings (SSSR count). The molecule has 0 bridgehead atoms. The van der Waals surface area contributed by atoms with Crippen LogP contribution in [-0.2, 0) is 4.75 Å². The van der Waals surface area contributed by atoms with E-state index >= 15 is 0 Å².